The molecular formula is C16H27NO3S. The molecule has 0 bridgehead atoms. The summed E-state index contributed by atoms with van der Waals surface area (Å²) in [6.45, 7) is 4.96. The van der Waals surface area contributed by atoms with Gasteiger partial charge < -0.3 is 20.3 Å². The number of rotatable bonds is 10. The second-order valence-electron chi connectivity index (χ2n) is 5.13. The van der Waals surface area contributed by atoms with E-state index in [0.717, 1.165) is 30.0 Å². The maximum absolute atomic E-state index is 9.45. The van der Waals surface area contributed by atoms with Crippen molar-refractivity contribution >= 4 is 11.8 Å². The molecule has 0 fully saturated rings. The van der Waals surface area contributed by atoms with E-state index in [1.54, 1.807) is 18.9 Å². The summed E-state index contributed by atoms with van der Waals surface area (Å²) in [4.78, 5) is 0. The molecule has 0 radical (unpaired) electrons. The van der Waals surface area contributed by atoms with Crippen LogP contribution in [0, 0.1) is 6.92 Å². The average Bonchev–Trinajstić information content (AvgIpc) is 2.50. The van der Waals surface area contributed by atoms with Gasteiger partial charge in [0.25, 0.3) is 0 Å². The Morgan fingerprint density at radius 1 is 1.33 bits per heavy atom. The van der Waals surface area contributed by atoms with Gasteiger partial charge in [-0.25, -0.2) is 0 Å². The van der Waals surface area contributed by atoms with Gasteiger partial charge in [-0.2, -0.15) is 11.8 Å². The van der Waals surface area contributed by atoms with Gasteiger partial charge >= 0.3 is 0 Å². The van der Waals surface area contributed by atoms with Crippen LogP contribution in [0.15, 0.2) is 18.2 Å². The first-order valence-electron chi connectivity index (χ1n) is 7.36. The van der Waals surface area contributed by atoms with E-state index in [9.17, 15) is 5.11 Å². The molecule has 0 amide bonds. The standard InChI is InChI=1S/C16H27NO3S/c1-4-7-17-15(11-21-10-13(19)9-18)14-8-12(2)5-6-16(14)20-3/h5-6,8,13,15,17-19H,4,7,9-11H2,1-3H3. The summed E-state index contributed by atoms with van der Waals surface area (Å²) in [6.07, 6.45) is 0.412. The third-order valence-electron chi connectivity index (χ3n) is 3.21. The van der Waals surface area contributed by atoms with E-state index in [0.29, 0.717) is 5.75 Å². The number of benzene rings is 1. The average molecular weight is 313 g/mol. The molecule has 2 atom stereocenters. The van der Waals surface area contributed by atoms with Crippen molar-refractivity contribution in [2.75, 3.05) is 31.8 Å². The molecule has 0 aliphatic rings. The monoisotopic (exact) mass is 313 g/mol. The largest absolute Gasteiger partial charge is 0.496 e. The predicted molar refractivity (Wildman–Crippen MR) is 89.2 cm³/mol. The predicted octanol–water partition coefficient (Wildman–Crippen LogP) is 2.13. The Hall–Kier alpha value is -0.750. The summed E-state index contributed by atoms with van der Waals surface area (Å²) in [7, 11) is 1.69. The first-order valence-corrected chi connectivity index (χ1v) is 8.52. The van der Waals surface area contributed by atoms with E-state index in [4.69, 9.17) is 9.84 Å². The molecule has 3 N–H and O–H groups in total. The van der Waals surface area contributed by atoms with Crippen LogP contribution in [-0.4, -0.2) is 48.1 Å². The second-order valence-corrected chi connectivity index (χ2v) is 6.20. The van der Waals surface area contributed by atoms with Crippen LogP contribution in [0.2, 0.25) is 0 Å². The Labute approximate surface area is 131 Å². The zero-order valence-corrected chi connectivity index (χ0v) is 13.9. The highest BCUT2D eigenvalue weighted by atomic mass is 32.2. The summed E-state index contributed by atoms with van der Waals surface area (Å²) in [5, 5.41) is 21.9. The highest BCUT2D eigenvalue weighted by Gasteiger charge is 2.16. The lowest BCUT2D eigenvalue weighted by molar-refractivity contribution is 0.113. The lowest BCUT2D eigenvalue weighted by Gasteiger charge is -2.22. The van der Waals surface area contributed by atoms with Crippen LogP contribution in [0.5, 0.6) is 5.75 Å². The smallest absolute Gasteiger partial charge is 0.123 e. The van der Waals surface area contributed by atoms with E-state index in [1.807, 2.05) is 12.1 Å². The van der Waals surface area contributed by atoms with Crippen molar-refractivity contribution in [1.29, 1.82) is 0 Å². The number of methoxy groups -OCH3 is 1. The number of aliphatic hydroxyl groups excluding tert-OH is 2. The quantitative estimate of drug-likeness (QED) is 0.618. The molecule has 5 heteroatoms. The number of aryl methyl sites for hydroxylation is 1. The van der Waals surface area contributed by atoms with Crippen LogP contribution < -0.4 is 10.1 Å². The normalized spacial score (nSPS) is 14.0. The SMILES string of the molecule is CCCNC(CSCC(O)CO)c1cc(C)ccc1OC. The van der Waals surface area contributed by atoms with Gasteiger partial charge in [-0.15, -0.1) is 0 Å². The molecule has 2 unspecified atom stereocenters. The minimum atomic E-state index is -0.652. The van der Waals surface area contributed by atoms with Crippen LogP contribution in [0.25, 0.3) is 0 Å². The Morgan fingerprint density at radius 3 is 2.71 bits per heavy atom. The third-order valence-corrected chi connectivity index (χ3v) is 4.40. The molecule has 21 heavy (non-hydrogen) atoms. The molecule has 0 aliphatic heterocycles. The van der Waals surface area contributed by atoms with E-state index in [-0.39, 0.29) is 12.6 Å². The molecule has 0 aliphatic carbocycles. The number of nitrogens with one attached hydrogen (secondary N) is 1. The van der Waals surface area contributed by atoms with Crippen LogP contribution >= 0.6 is 11.8 Å². The Bertz CT molecular complexity index is 415. The van der Waals surface area contributed by atoms with E-state index < -0.39 is 6.10 Å². The van der Waals surface area contributed by atoms with Crippen LogP contribution in [0.1, 0.15) is 30.5 Å². The molecule has 0 saturated heterocycles. The van der Waals surface area contributed by atoms with E-state index in [1.165, 1.54) is 5.56 Å². The molecule has 0 aromatic heterocycles. The fraction of sp³-hybridized carbons (Fsp3) is 0.625. The Balaban J connectivity index is 2.78. The first kappa shape index (κ1) is 18.3. The molecule has 4 nitrogen and oxygen atoms in total. The molecule has 120 valence electrons. The van der Waals surface area contributed by atoms with E-state index in [2.05, 4.69) is 25.2 Å². The van der Waals surface area contributed by atoms with Crippen molar-refractivity contribution in [2.45, 2.75) is 32.4 Å². The topological polar surface area (TPSA) is 61.7 Å². The maximum atomic E-state index is 9.45. The number of hydrogen-bond acceptors (Lipinski definition) is 5. The maximum Gasteiger partial charge on any atom is 0.123 e. The third kappa shape index (κ3) is 6.26. The second kappa shape index (κ2) is 10.1. The van der Waals surface area contributed by atoms with Gasteiger partial charge in [0.2, 0.25) is 0 Å². The van der Waals surface area contributed by atoms with Gasteiger partial charge in [-0.3, -0.25) is 0 Å². The van der Waals surface area contributed by atoms with Crippen molar-refractivity contribution < 1.29 is 14.9 Å². The van der Waals surface area contributed by atoms with Gasteiger partial charge in [-0.1, -0.05) is 24.6 Å². The number of hydrogen-bond donors (Lipinski definition) is 3. The molecule has 1 aromatic carbocycles. The Morgan fingerprint density at radius 2 is 2.10 bits per heavy atom. The molecule has 1 rings (SSSR count). The van der Waals surface area contributed by atoms with Crippen molar-refractivity contribution in [3.63, 3.8) is 0 Å². The van der Waals surface area contributed by atoms with Gasteiger partial charge in [-0.05, 0) is 26.0 Å². The van der Waals surface area contributed by atoms with Crippen molar-refractivity contribution in [1.82, 2.24) is 5.32 Å². The number of aliphatic hydroxyl groups is 2. The van der Waals surface area contributed by atoms with Crippen LogP contribution in [0.4, 0.5) is 0 Å². The van der Waals surface area contributed by atoms with Gasteiger partial charge in [0.15, 0.2) is 0 Å². The minimum Gasteiger partial charge on any atom is -0.496 e. The van der Waals surface area contributed by atoms with Crippen molar-refractivity contribution in [2.24, 2.45) is 0 Å². The summed E-state index contributed by atoms with van der Waals surface area (Å²) in [6, 6.07) is 6.37. The van der Waals surface area contributed by atoms with Crippen molar-refractivity contribution in [3.05, 3.63) is 29.3 Å². The van der Waals surface area contributed by atoms with E-state index >= 15 is 0 Å². The first-order chi connectivity index (χ1) is 10.1. The van der Waals surface area contributed by atoms with Crippen LogP contribution in [0.3, 0.4) is 0 Å². The van der Waals surface area contributed by atoms with Gasteiger partial charge in [0.1, 0.15) is 5.75 Å². The van der Waals surface area contributed by atoms with Gasteiger partial charge in [0, 0.05) is 23.1 Å². The lowest BCUT2D eigenvalue weighted by atomic mass is 10.0. The van der Waals surface area contributed by atoms with Crippen molar-refractivity contribution in [3.8, 4) is 5.75 Å². The summed E-state index contributed by atoms with van der Waals surface area (Å²) >= 11 is 1.64. The fourth-order valence-corrected chi connectivity index (χ4v) is 3.12. The summed E-state index contributed by atoms with van der Waals surface area (Å²) in [5.41, 5.74) is 2.35. The molecule has 1 aromatic rings. The molecular weight excluding hydrogens is 286 g/mol. The highest BCUT2D eigenvalue weighted by molar-refractivity contribution is 7.99. The zero-order valence-electron chi connectivity index (χ0n) is 13.1. The molecule has 0 spiro atoms. The lowest BCUT2D eigenvalue weighted by Crippen LogP contribution is -2.26. The molecule has 0 heterocycles. The fourth-order valence-electron chi connectivity index (χ4n) is 2.08. The summed E-state index contributed by atoms with van der Waals surface area (Å²) in [5.74, 6) is 2.25. The summed E-state index contributed by atoms with van der Waals surface area (Å²) < 4.78 is 5.47. The number of ether oxygens (including phenoxy) is 1. The minimum absolute atomic E-state index is 0.177. The zero-order chi connectivity index (χ0) is 15.7. The number of thioether (sulfide) groups is 1. The highest BCUT2D eigenvalue weighted by Crippen LogP contribution is 2.29. The Kier molecular flexibility index (Phi) is 8.76. The van der Waals surface area contributed by atoms with Crippen LogP contribution in [-0.2, 0) is 0 Å². The van der Waals surface area contributed by atoms with Gasteiger partial charge in [0.05, 0.1) is 19.8 Å². The molecule has 0 saturated carbocycles.